The van der Waals surface area contributed by atoms with E-state index < -0.39 is 5.63 Å². The molecule has 1 heterocycles. The number of hydrogen-bond donors (Lipinski definition) is 4. The van der Waals surface area contributed by atoms with Crippen molar-refractivity contribution in [2.75, 3.05) is 40.5 Å². The van der Waals surface area contributed by atoms with Crippen LogP contribution in [0.5, 0.6) is 5.75 Å². The van der Waals surface area contributed by atoms with E-state index >= 15 is 0 Å². The maximum absolute atomic E-state index is 12.7. The number of rotatable bonds is 5. The minimum atomic E-state index is -0.430. The quantitative estimate of drug-likeness (QED) is 0.206. The van der Waals surface area contributed by atoms with E-state index in [1.165, 1.54) is 6.07 Å². The van der Waals surface area contributed by atoms with Crippen LogP contribution in [0.1, 0.15) is 23.6 Å². The number of nitrogens with one attached hydrogen (secondary N) is 1. The summed E-state index contributed by atoms with van der Waals surface area (Å²) in [4.78, 5) is 14.8. The van der Waals surface area contributed by atoms with Crippen LogP contribution in [0.3, 0.4) is 0 Å². The third kappa shape index (κ3) is 9.57. The molecule has 0 fully saturated rings. The first-order valence-electron chi connectivity index (χ1n) is 10.0. The Labute approximate surface area is 231 Å². The van der Waals surface area contributed by atoms with Gasteiger partial charge in [-0.05, 0) is 50.0 Å². The first-order chi connectivity index (χ1) is 15.2. The van der Waals surface area contributed by atoms with Gasteiger partial charge in [0.05, 0.1) is 10.7 Å². The second-order valence-electron chi connectivity index (χ2n) is 7.03. The molecule has 7 nitrogen and oxygen atoms in total. The monoisotopic (exact) mass is 568 g/mol. The molecule has 0 saturated carbocycles. The third-order valence-electron chi connectivity index (χ3n) is 4.55. The Balaban J connectivity index is 0.00000132. The topological polar surface area (TPSA) is 106 Å². The van der Waals surface area contributed by atoms with Crippen LogP contribution in [0.2, 0.25) is 5.02 Å². The van der Waals surface area contributed by atoms with Gasteiger partial charge >= 0.3 is 5.63 Å². The summed E-state index contributed by atoms with van der Waals surface area (Å²) in [5.41, 5.74) is 8.51. The second kappa shape index (κ2) is 16.5. The number of thiol groups is 1. The van der Waals surface area contributed by atoms with E-state index in [-0.39, 0.29) is 38.5 Å². The van der Waals surface area contributed by atoms with Gasteiger partial charge in [0.15, 0.2) is 0 Å². The summed E-state index contributed by atoms with van der Waals surface area (Å²) < 4.78 is 7.91. The van der Waals surface area contributed by atoms with Crippen molar-refractivity contribution in [1.82, 2.24) is 9.62 Å². The number of nitrogens with zero attached hydrogens (tertiary/aromatic N) is 2. The molecule has 0 aliphatic carbocycles. The molecular weight excluding hydrogens is 537 g/mol. The minimum absolute atomic E-state index is 0. The van der Waals surface area contributed by atoms with Gasteiger partial charge in [0, 0.05) is 62.7 Å². The zero-order chi connectivity index (χ0) is 24.3. The van der Waals surface area contributed by atoms with E-state index in [1.807, 2.05) is 26.1 Å². The molecule has 0 saturated heterocycles. The van der Waals surface area contributed by atoms with Gasteiger partial charge in [-0.1, -0.05) is 43.5 Å². The fourth-order valence-electron chi connectivity index (χ4n) is 2.96. The standard InChI is InChI=1S/C20H21ClN2O3.C2H6N.CH5NS.Y/c1-3-23(2)11-16-14-8-7-13(24)10-18(14)26-20(25)15(16)9-12-5-4-6-17(22)19(12)21;1-3-2;1-2-3;/h4-8,10,24H,3,9,11,22H2,1-2H3;1-2H3;2-3H,1H3;/q;-1;;. The summed E-state index contributed by atoms with van der Waals surface area (Å²) >= 11 is 9.86. The molecule has 179 valence electrons. The van der Waals surface area contributed by atoms with Crippen LogP contribution < -0.4 is 16.1 Å². The average molecular weight is 569 g/mol. The number of hydrogen-bond acceptors (Lipinski definition) is 7. The van der Waals surface area contributed by atoms with Crippen molar-refractivity contribution < 1.29 is 42.2 Å². The number of aromatic hydroxyl groups is 1. The summed E-state index contributed by atoms with van der Waals surface area (Å²) in [6.07, 6.45) is 0.329. The fourth-order valence-corrected chi connectivity index (χ4v) is 3.15. The summed E-state index contributed by atoms with van der Waals surface area (Å²) in [6.45, 7) is 3.46. The van der Waals surface area contributed by atoms with E-state index in [2.05, 4.69) is 27.8 Å². The number of nitrogen functional groups attached to an aromatic ring is 1. The zero-order valence-electron chi connectivity index (χ0n) is 19.7. The number of nitrogens with two attached hydrogens (primary N) is 1. The molecule has 0 aliphatic rings. The number of anilines is 1. The Morgan fingerprint density at radius 3 is 2.42 bits per heavy atom. The molecule has 0 aliphatic heterocycles. The molecule has 0 unspecified atom stereocenters. The predicted molar refractivity (Wildman–Crippen MR) is 138 cm³/mol. The number of phenols is 1. The van der Waals surface area contributed by atoms with Crippen LogP contribution in [0, 0.1) is 0 Å². The van der Waals surface area contributed by atoms with E-state index in [9.17, 15) is 9.90 Å². The molecule has 1 aromatic heterocycles. The van der Waals surface area contributed by atoms with Gasteiger partial charge in [-0.25, -0.2) is 4.79 Å². The average Bonchev–Trinajstić information content (AvgIpc) is 2.74. The molecule has 4 N–H and O–H groups in total. The van der Waals surface area contributed by atoms with Crippen LogP contribution >= 0.6 is 24.4 Å². The molecule has 10 heteroatoms. The molecule has 33 heavy (non-hydrogen) atoms. The van der Waals surface area contributed by atoms with Gasteiger partial charge in [-0.3, -0.25) is 4.72 Å². The van der Waals surface area contributed by atoms with Crippen molar-refractivity contribution in [2.24, 2.45) is 0 Å². The molecule has 0 atom stereocenters. The molecular formula is C23H32ClN4O3SY-. The molecule has 0 amide bonds. The molecule has 3 rings (SSSR count). The largest absolute Gasteiger partial charge is 0.668 e. The Hall–Kier alpha value is -1.13. The van der Waals surface area contributed by atoms with Crippen molar-refractivity contribution in [3.63, 3.8) is 0 Å². The number of phenolic OH excluding ortho intramolecular Hbond substituents is 1. The first-order valence-corrected chi connectivity index (χ1v) is 10.8. The van der Waals surface area contributed by atoms with Crippen molar-refractivity contribution in [3.05, 3.63) is 73.8 Å². The van der Waals surface area contributed by atoms with Crippen molar-refractivity contribution >= 4 is 41.1 Å². The SMILES string of the molecule is CCN(C)Cc1c(Cc2cccc(N)c2Cl)c(=O)oc2cc(O)ccc12.CNS.C[N-]C.[Y]. The summed E-state index contributed by atoms with van der Waals surface area (Å²) in [7, 11) is 7.22. The van der Waals surface area contributed by atoms with Crippen molar-refractivity contribution in [2.45, 2.75) is 19.9 Å². The first kappa shape index (κ1) is 31.9. The molecule has 3 aromatic rings. The maximum atomic E-state index is 12.7. The van der Waals surface area contributed by atoms with Gasteiger partial charge in [-0.15, -0.1) is 0 Å². The normalized spacial score (nSPS) is 10.1. The van der Waals surface area contributed by atoms with E-state index in [0.29, 0.717) is 34.8 Å². The molecule has 0 bridgehead atoms. The van der Waals surface area contributed by atoms with Gasteiger partial charge in [0.1, 0.15) is 11.3 Å². The predicted octanol–water partition coefficient (Wildman–Crippen LogP) is 4.44. The van der Waals surface area contributed by atoms with Crippen molar-refractivity contribution in [3.8, 4) is 5.75 Å². The molecule has 1 radical (unpaired) electrons. The molecule has 2 aromatic carbocycles. The summed E-state index contributed by atoms with van der Waals surface area (Å²) in [5.74, 6) is 0.0575. The Kier molecular flexibility index (Phi) is 15.9. The Bertz CT molecular complexity index is 1060. The van der Waals surface area contributed by atoms with Gasteiger partial charge < -0.3 is 25.5 Å². The fraction of sp³-hybridized carbons (Fsp3) is 0.348. The van der Waals surface area contributed by atoms with E-state index in [4.69, 9.17) is 21.8 Å². The Morgan fingerprint density at radius 1 is 1.24 bits per heavy atom. The van der Waals surface area contributed by atoms with Gasteiger partial charge in [-0.2, -0.15) is 14.1 Å². The smallest absolute Gasteiger partial charge is 0.340 e. The van der Waals surface area contributed by atoms with Crippen LogP contribution in [0.25, 0.3) is 16.3 Å². The zero-order valence-corrected chi connectivity index (χ0v) is 24.2. The van der Waals surface area contributed by atoms with Gasteiger partial charge in [0.2, 0.25) is 0 Å². The van der Waals surface area contributed by atoms with Crippen LogP contribution in [-0.2, 0) is 45.7 Å². The maximum Gasteiger partial charge on any atom is 0.340 e. The minimum Gasteiger partial charge on any atom is -0.668 e. The third-order valence-corrected chi connectivity index (χ3v) is 5.01. The summed E-state index contributed by atoms with van der Waals surface area (Å²) in [6, 6.07) is 10.2. The Morgan fingerprint density at radius 2 is 1.85 bits per heavy atom. The van der Waals surface area contributed by atoms with Crippen molar-refractivity contribution in [1.29, 1.82) is 0 Å². The number of halogens is 1. The number of benzene rings is 2. The molecule has 0 spiro atoms. The number of fused-ring (bicyclic) bond motifs is 1. The van der Waals surface area contributed by atoms with Gasteiger partial charge in [0.25, 0.3) is 0 Å². The van der Waals surface area contributed by atoms with Crippen LogP contribution in [0.15, 0.2) is 45.6 Å². The van der Waals surface area contributed by atoms with E-state index in [1.54, 1.807) is 39.3 Å². The van der Waals surface area contributed by atoms with Crippen LogP contribution in [-0.4, -0.2) is 44.7 Å². The summed E-state index contributed by atoms with van der Waals surface area (Å²) in [5, 5.41) is 14.5. The van der Waals surface area contributed by atoms with E-state index in [0.717, 1.165) is 23.1 Å². The second-order valence-corrected chi connectivity index (χ2v) is 7.85. The van der Waals surface area contributed by atoms with Crippen LogP contribution in [0.4, 0.5) is 5.69 Å².